The van der Waals surface area contributed by atoms with Crippen molar-refractivity contribution in [1.82, 2.24) is 0 Å². The molecule has 0 radical (unpaired) electrons. The summed E-state index contributed by atoms with van der Waals surface area (Å²) in [5, 5.41) is 0. The minimum absolute atomic E-state index is 0.0418. The van der Waals surface area contributed by atoms with Gasteiger partial charge in [0, 0.05) is 6.42 Å². The van der Waals surface area contributed by atoms with Crippen LogP contribution in [0.25, 0.3) is 0 Å². The normalized spacial score (nSPS) is 10.1. The van der Waals surface area contributed by atoms with E-state index in [1.807, 2.05) is 6.92 Å². The number of benzene rings is 1. The zero-order valence-electron chi connectivity index (χ0n) is 11.7. The van der Waals surface area contributed by atoms with Crippen molar-refractivity contribution in [1.29, 1.82) is 0 Å². The number of carbonyl (C=O) groups excluding carboxylic acids is 2. The highest BCUT2D eigenvalue weighted by Gasteiger charge is 2.20. The number of ketones is 2. The molecule has 0 saturated carbocycles. The smallest absolute Gasteiger partial charge is 0.177 e. The van der Waals surface area contributed by atoms with Gasteiger partial charge in [-0.25, -0.2) is 0 Å². The molecule has 0 unspecified atom stereocenters. The Bertz CT molecular complexity index is 429. The molecule has 0 N–H and O–H groups in total. The van der Waals surface area contributed by atoms with Crippen molar-refractivity contribution >= 4 is 11.6 Å². The van der Waals surface area contributed by atoms with Gasteiger partial charge in [-0.2, -0.15) is 0 Å². The molecule has 0 atom stereocenters. The van der Waals surface area contributed by atoms with Crippen molar-refractivity contribution < 1.29 is 19.1 Å². The molecular formula is C15H20O4. The van der Waals surface area contributed by atoms with Crippen LogP contribution in [0, 0.1) is 0 Å². The lowest BCUT2D eigenvalue weighted by molar-refractivity contribution is -0.118. The van der Waals surface area contributed by atoms with Crippen LogP contribution in [0.15, 0.2) is 18.2 Å². The second-order valence-electron chi connectivity index (χ2n) is 4.28. The lowest BCUT2D eigenvalue weighted by Gasteiger charge is -2.11. The lowest BCUT2D eigenvalue weighted by atomic mass is 10.0. The topological polar surface area (TPSA) is 52.6 Å². The molecule has 0 amide bonds. The maximum absolute atomic E-state index is 12.2. The molecule has 0 spiro atoms. The molecular weight excluding hydrogens is 244 g/mol. The van der Waals surface area contributed by atoms with Gasteiger partial charge in [0.05, 0.1) is 20.6 Å². The Hall–Kier alpha value is -1.84. The third-order valence-corrected chi connectivity index (χ3v) is 2.87. The number of hydrogen-bond acceptors (Lipinski definition) is 4. The van der Waals surface area contributed by atoms with E-state index in [-0.39, 0.29) is 18.0 Å². The summed E-state index contributed by atoms with van der Waals surface area (Å²) in [5.41, 5.74) is 0.345. The summed E-state index contributed by atoms with van der Waals surface area (Å²) in [6.07, 6.45) is 2.10. The van der Waals surface area contributed by atoms with Crippen LogP contribution in [0.5, 0.6) is 11.5 Å². The quantitative estimate of drug-likeness (QED) is 0.535. The third kappa shape index (κ3) is 4.09. The van der Waals surface area contributed by atoms with Crippen molar-refractivity contribution in [3.63, 3.8) is 0 Å². The van der Waals surface area contributed by atoms with E-state index in [4.69, 9.17) is 9.47 Å². The van der Waals surface area contributed by atoms with Crippen LogP contribution >= 0.6 is 0 Å². The Morgan fingerprint density at radius 3 is 2.16 bits per heavy atom. The summed E-state index contributed by atoms with van der Waals surface area (Å²) in [7, 11) is 2.98. The molecule has 0 aromatic heterocycles. The molecule has 0 aliphatic rings. The fraction of sp³-hybridized carbons (Fsp3) is 0.467. The molecule has 1 aromatic carbocycles. The van der Waals surface area contributed by atoms with Crippen LogP contribution in [-0.2, 0) is 4.79 Å². The second-order valence-corrected chi connectivity index (χ2v) is 4.28. The Kier molecular flexibility index (Phi) is 6.06. The number of ether oxygens (including phenoxy) is 2. The first-order chi connectivity index (χ1) is 9.13. The van der Waals surface area contributed by atoms with E-state index >= 15 is 0 Å². The Morgan fingerprint density at radius 1 is 1.11 bits per heavy atom. The van der Waals surface area contributed by atoms with Crippen LogP contribution in [0.3, 0.4) is 0 Å². The van der Waals surface area contributed by atoms with Crippen LogP contribution in [0.2, 0.25) is 0 Å². The summed E-state index contributed by atoms with van der Waals surface area (Å²) in [5.74, 6) is 0.579. The van der Waals surface area contributed by atoms with Gasteiger partial charge in [-0.3, -0.25) is 9.59 Å². The van der Waals surface area contributed by atoms with Gasteiger partial charge in [-0.05, 0) is 18.6 Å². The largest absolute Gasteiger partial charge is 0.496 e. The highest BCUT2D eigenvalue weighted by Crippen LogP contribution is 2.29. The lowest BCUT2D eigenvalue weighted by Crippen LogP contribution is -2.10. The van der Waals surface area contributed by atoms with Crippen molar-refractivity contribution in [2.45, 2.75) is 32.6 Å². The number of methoxy groups -OCH3 is 2. The number of Topliss-reactive ketones (excluding diaryl/α,β-unsaturated/α-hetero) is 2. The number of hydrogen-bond donors (Lipinski definition) is 0. The zero-order valence-corrected chi connectivity index (χ0v) is 11.7. The van der Waals surface area contributed by atoms with Gasteiger partial charge >= 0.3 is 0 Å². The Morgan fingerprint density at radius 2 is 1.68 bits per heavy atom. The molecule has 19 heavy (non-hydrogen) atoms. The van der Waals surface area contributed by atoms with Gasteiger partial charge in [0.2, 0.25) is 0 Å². The summed E-state index contributed by atoms with van der Waals surface area (Å²) in [6.45, 7) is 2.01. The average molecular weight is 264 g/mol. The Labute approximate surface area is 113 Å². The van der Waals surface area contributed by atoms with Crippen LogP contribution in [0.1, 0.15) is 43.0 Å². The molecule has 4 nitrogen and oxygen atoms in total. The first kappa shape index (κ1) is 15.2. The highest BCUT2D eigenvalue weighted by atomic mass is 16.5. The van der Waals surface area contributed by atoms with Crippen LogP contribution in [0.4, 0.5) is 0 Å². The summed E-state index contributed by atoms with van der Waals surface area (Å²) < 4.78 is 10.3. The van der Waals surface area contributed by atoms with Crippen molar-refractivity contribution in [2.24, 2.45) is 0 Å². The van der Waals surface area contributed by atoms with Gasteiger partial charge in [0.15, 0.2) is 5.78 Å². The van der Waals surface area contributed by atoms with Crippen LogP contribution in [-0.4, -0.2) is 25.8 Å². The van der Waals surface area contributed by atoms with Crippen molar-refractivity contribution in [3.8, 4) is 11.5 Å². The molecule has 0 heterocycles. The van der Waals surface area contributed by atoms with E-state index in [2.05, 4.69) is 0 Å². The molecule has 4 heteroatoms. The number of unbranched alkanes of at least 4 members (excludes halogenated alkanes) is 1. The maximum atomic E-state index is 12.2. The molecule has 0 saturated heterocycles. The van der Waals surface area contributed by atoms with E-state index in [1.165, 1.54) is 14.2 Å². The molecule has 104 valence electrons. The molecule has 0 bridgehead atoms. The first-order valence-corrected chi connectivity index (χ1v) is 6.39. The highest BCUT2D eigenvalue weighted by molar-refractivity contribution is 6.10. The molecule has 1 rings (SSSR count). The number of carbonyl (C=O) groups is 2. The summed E-state index contributed by atoms with van der Waals surface area (Å²) in [6, 6.07) is 5.12. The Balaban J connectivity index is 2.89. The fourth-order valence-electron chi connectivity index (χ4n) is 1.86. The minimum Gasteiger partial charge on any atom is -0.496 e. The van der Waals surface area contributed by atoms with E-state index in [0.29, 0.717) is 23.5 Å². The van der Waals surface area contributed by atoms with Gasteiger partial charge in [0.1, 0.15) is 22.8 Å². The van der Waals surface area contributed by atoms with E-state index in [0.717, 1.165) is 12.8 Å². The van der Waals surface area contributed by atoms with Crippen molar-refractivity contribution in [2.75, 3.05) is 14.2 Å². The minimum atomic E-state index is -0.254. The molecule has 0 aliphatic heterocycles. The van der Waals surface area contributed by atoms with Gasteiger partial charge in [0.25, 0.3) is 0 Å². The van der Waals surface area contributed by atoms with E-state index in [9.17, 15) is 9.59 Å². The number of rotatable bonds is 8. The first-order valence-electron chi connectivity index (χ1n) is 6.39. The average Bonchev–Trinajstić information content (AvgIpc) is 2.43. The second kappa shape index (κ2) is 7.56. The van der Waals surface area contributed by atoms with Gasteiger partial charge in [-0.1, -0.05) is 19.4 Å². The zero-order chi connectivity index (χ0) is 14.3. The molecule has 0 aliphatic carbocycles. The summed E-state index contributed by atoms with van der Waals surface area (Å²) in [4.78, 5) is 23.9. The third-order valence-electron chi connectivity index (χ3n) is 2.87. The molecule has 0 fully saturated rings. The predicted molar refractivity (Wildman–Crippen MR) is 73.0 cm³/mol. The van der Waals surface area contributed by atoms with Gasteiger partial charge in [-0.15, -0.1) is 0 Å². The SMILES string of the molecule is CCCCC(=O)CC(=O)c1c(OC)cccc1OC. The van der Waals surface area contributed by atoms with E-state index < -0.39 is 0 Å². The fourth-order valence-corrected chi connectivity index (χ4v) is 1.86. The van der Waals surface area contributed by atoms with Crippen LogP contribution < -0.4 is 9.47 Å². The predicted octanol–water partition coefficient (Wildman–Crippen LogP) is 3.04. The summed E-state index contributed by atoms with van der Waals surface area (Å²) >= 11 is 0. The monoisotopic (exact) mass is 264 g/mol. The van der Waals surface area contributed by atoms with Gasteiger partial charge < -0.3 is 9.47 Å². The maximum Gasteiger partial charge on any atom is 0.177 e. The molecule has 1 aromatic rings. The van der Waals surface area contributed by atoms with E-state index in [1.54, 1.807) is 18.2 Å². The van der Waals surface area contributed by atoms with Crippen molar-refractivity contribution in [3.05, 3.63) is 23.8 Å². The standard InChI is InChI=1S/C15H20O4/c1-4-5-7-11(16)10-12(17)15-13(18-2)8-6-9-14(15)19-3/h6,8-9H,4-5,7,10H2,1-3H3.